The number of ether oxygens (including phenoxy) is 1. The van der Waals surface area contributed by atoms with Crippen LogP contribution in [-0.2, 0) is 14.3 Å². The summed E-state index contributed by atoms with van der Waals surface area (Å²) in [6.45, 7) is 9.26. The average Bonchev–Trinajstić information content (AvgIpc) is 2.46. The highest BCUT2D eigenvalue weighted by Crippen LogP contribution is 2.12. The van der Waals surface area contributed by atoms with Crippen molar-refractivity contribution in [2.75, 3.05) is 18.5 Å². The SMILES string of the molecule is CC(OC(=O)CN(C)c1ccc(Cl)nn1)C(=O)N(C(C)C)C(C)C. The van der Waals surface area contributed by atoms with Crippen molar-refractivity contribution in [3.05, 3.63) is 17.3 Å². The fraction of sp³-hybridized carbons (Fsp3) is 0.625. The van der Waals surface area contributed by atoms with Gasteiger partial charge in [0.15, 0.2) is 17.1 Å². The molecule has 1 unspecified atom stereocenters. The van der Waals surface area contributed by atoms with Crippen LogP contribution in [-0.4, -0.2) is 58.8 Å². The quantitative estimate of drug-likeness (QED) is 0.697. The molecule has 1 aromatic heterocycles. The fourth-order valence-corrected chi connectivity index (χ4v) is 2.49. The van der Waals surface area contributed by atoms with E-state index in [1.54, 1.807) is 35.9 Å². The maximum atomic E-state index is 12.5. The van der Waals surface area contributed by atoms with Crippen LogP contribution in [0.25, 0.3) is 0 Å². The minimum atomic E-state index is -0.841. The minimum Gasteiger partial charge on any atom is -0.451 e. The van der Waals surface area contributed by atoms with E-state index in [1.165, 1.54) is 0 Å². The van der Waals surface area contributed by atoms with Crippen molar-refractivity contribution >= 4 is 29.3 Å². The van der Waals surface area contributed by atoms with Gasteiger partial charge in [0.1, 0.15) is 6.54 Å². The van der Waals surface area contributed by atoms with Crippen LogP contribution >= 0.6 is 11.6 Å². The smallest absolute Gasteiger partial charge is 0.326 e. The molecule has 0 N–H and O–H groups in total. The Morgan fingerprint density at radius 3 is 2.17 bits per heavy atom. The maximum Gasteiger partial charge on any atom is 0.326 e. The van der Waals surface area contributed by atoms with Gasteiger partial charge in [-0.25, -0.2) is 0 Å². The molecule has 0 bridgehead atoms. The lowest BCUT2D eigenvalue weighted by atomic mass is 10.2. The summed E-state index contributed by atoms with van der Waals surface area (Å²) in [4.78, 5) is 27.8. The number of amides is 1. The first-order valence-electron chi connectivity index (χ1n) is 7.85. The van der Waals surface area contributed by atoms with Gasteiger partial charge in [-0.2, -0.15) is 0 Å². The monoisotopic (exact) mass is 356 g/mol. The van der Waals surface area contributed by atoms with Crippen molar-refractivity contribution in [3.8, 4) is 0 Å². The van der Waals surface area contributed by atoms with Gasteiger partial charge >= 0.3 is 5.97 Å². The van der Waals surface area contributed by atoms with Crippen LogP contribution in [0.3, 0.4) is 0 Å². The van der Waals surface area contributed by atoms with E-state index in [0.717, 1.165) is 0 Å². The van der Waals surface area contributed by atoms with E-state index in [1.807, 2.05) is 27.7 Å². The standard InChI is InChI=1S/C16H25ClN4O3/c1-10(2)21(11(3)4)16(23)12(5)24-15(22)9-20(6)14-8-7-13(17)18-19-14/h7-8,10-12H,9H2,1-6H3. The van der Waals surface area contributed by atoms with Crippen LogP contribution in [0, 0.1) is 0 Å². The number of carbonyl (C=O) groups excluding carboxylic acids is 2. The van der Waals surface area contributed by atoms with E-state index in [-0.39, 0.29) is 29.7 Å². The van der Waals surface area contributed by atoms with Crippen LogP contribution < -0.4 is 4.90 Å². The van der Waals surface area contributed by atoms with Gasteiger partial charge in [-0.05, 0) is 46.8 Å². The van der Waals surface area contributed by atoms with Crippen molar-refractivity contribution < 1.29 is 14.3 Å². The molecule has 1 atom stereocenters. The predicted molar refractivity (Wildman–Crippen MR) is 93.0 cm³/mol. The van der Waals surface area contributed by atoms with Crippen molar-refractivity contribution in [1.82, 2.24) is 15.1 Å². The summed E-state index contributed by atoms with van der Waals surface area (Å²) in [5, 5.41) is 7.88. The third-order valence-corrected chi connectivity index (χ3v) is 3.60. The van der Waals surface area contributed by atoms with E-state index in [2.05, 4.69) is 10.2 Å². The lowest BCUT2D eigenvalue weighted by molar-refractivity contribution is -0.159. The Morgan fingerprint density at radius 1 is 1.12 bits per heavy atom. The van der Waals surface area contributed by atoms with Crippen molar-refractivity contribution in [2.45, 2.75) is 52.8 Å². The molecule has 0 aliphatic heterocycles. The van der Waals surface area contributed by atoms with Crippen LogP contribution in [0.15, 0.2) is 12.1 Å². The third-order valence-electron chi connectivity index (χ3n) is 3.40. The first kappa shape index (κ1) is 20.2. The topological polar surface area (TPSA) is 75.6 Å². The molecule has 0 saturated heterocycles. The van der Waals surface area contributed by atoms with Crippen LogP contribution in [0.5, 0.6) is 0 Å². The summed E-state index contributed by atoms with van der Waals surface area (Å²) in [6.07, 6.45) is -0.841. The van der Waals surface area contributed by atoms with Gasteiger partial charge < -0.3 is 14.5 Å². The van der Waals surface area contributed by atoms with E-state index in [9.17, 15) is 9.59 Å². The molecule has 134 valence electrons. The van der Waals surface area contributed by atoms with Crippen LogP contribution in [0.2, 0.25) is 5.15 Å². The lowest BCUT2D eigenvalue weighted by Gasteiger charge is -2.32. The molecule has 0 saturated carbocycles. The highest BCUT2D eigenvalue weighted by Gasteiger charge is 2.27. The Bertz CT molecular complexity index is 555. The molecular weight excluding hydrogens is 332 g/mol. The fourth-order valence-electron chi connectivity index (χ4n) is 2.39. The van der Waals surface area contributed by atoms with Crippen molar-refractivity contribution in [1.29, 1.82) is 0 Å². The molecule has 7 nitrogen and oxygen atoms in total. The van der Waals surface area contributed by atoms with E-state index < -0.39 is 12.1 Å². The third kappa shape index (κ3) is 5.63. The normalized spacial score (nSPS) is 12.2. The molecule has 0 aliphatic rings. The van der Waals surface area contributed by atoms with Gasteiger partial charge in [0.2, 0.25) is 0 Å². The molecular formula is C16H25ClN4O3. The predicted octanol–water partition coefficient (Wildman–Crippen LogP) is 2.14. The van der Waals surface area contributed by atoms with Crippen molar-refractivity contribution in [3.63, 3.8) is 0 Å². The minimum absolute atomic E-state index is 0.0330. The first-order chi connectivity index (χ1) is 11.1. The molecule has 0 spiro atoms. The molecule has 1 aromatic rings. The summed E-state index contributed by atoms with van der Waals surface area (Å²) < 4.78 is 5.26. The van der Waals surface area contributed by atoms with E-state index in [4.69, 9.17) is 16.3 Å². The van der Waals surface area contributed by atoms with Crippen LogP contribution in [0.1, 0.15) is 34.6 Å². The molecule has 0 aromatic carbocycles. The number of hydrogen-bond acceptors (Lipinski definition) is 6. The van der Waals surface area contributed by atoms with E-state index in [0.29, 0.717) is 5.82 Å². The Balaban J connectivity index is 2.63. The van der Waals surface area contributed by atoms with Gasteiger partial charge in [-0.3, -0.25) is 9.59 Å². The number of rotatable bonds is 7. The molecule has 8 heteroatoms. The highest BCUT2D eigenvalue weighted by molar-refractivity contribution is 6.29. The second-order valence-electron chi connectivity index (χ2n) is 6.14. The summed E-state index contributed by atoms with van der Waals surface area (Å²) in [7, 11) is 1.68. The number of anilines is 1. The summed E-state index contributed by atoms with van der Waals surface area (Å²) >= 11 is 5.68. The Morgan fingerprint density at radius 2 is 1.71 bits per heavy atom. The molecule has 24 heavy (non-hydrogen) atoms. The number of halogens is 1. The number of hydrogen-bond donors (Lipinski definition) is 0. The summed E-state index contributed by atoms with van der Waals surface area (Å²) in [5.74, 6) is -0.230. The zero-order valence-corrected chi connectivity index (χ0v) is 15.7. The summed E-state index contributed by atoms with van der Waals surface area (Å²) in [5.41, 5.74) is 0. The number of nitrogens with zero attached hydrogens (tertiary/aromatic N) is 4. The number of carbonyl (C=O) groups is 2. The van der Waals surface area contributed by atoms with Gasteiger partial charge in [0.25, 0.3) is 5.91 Å². The Hall–Kier alpha value is -1.89. The Kier molecular flexibility index (Phi) is 7.41. The molecule has 1 rings (SSSR count). The van der Waals surface area contributed by atoms with Gasteiger partial charge in [-0.1, -0.05) is 11.6 Å². The molecule has 0 aliphatic carbocycles. The van der Waals surface area contributed by atoms with Gasteiger partial charge in [0.05, 0.1) is 0 Å². The zero-order valence-electron chi connectivity index (χ0n) is 15.0. The lowest BCUT2D eigenvalue weighted by Crippen LogP contribution is -2.48. The second kappa shape index (κ2) is 8.82. The maximum absolute atomic E-state index is 12.5. The number of esters is 1. The molecule has 1 heterocycles. The number of aromatic nitrogens is 2. The molecule has 1 amide bonds. The summed E-state index contributed by atoms with van der Waals surface area (Å²) in [6, 6.07) is 3.30. The first-order valence-corrected chi connectivity index (χ1v) is 8.23. The largest absolute Gasteiger partial charge is 0.451 e. The van der Waals surface area contributed by atoms with E-state index >= 15 is 0 Å². The zero-order chi connectivity index (χ0) is 18.4. The van der Waals surface area contributed by atoms with Gasteiger partial charge in [-0.15, -0.1) is 10.2 Å². The molecule has 0 fully saturated rings. The average molecular weight is 357 g/mol. The van der Waals surface area contributed by atoms with Gasteiger partial charge in [0, 0.05) is 19.1 Å². The van der Waals surface area contributed by atoms with Crippen molar-refractivity contribution in [2.24, 2.45) is 0 Å². The number of likely N-dealkylation sites (N-methyl/N-ethyl adjacent to an activating group) is 1. The van der Waals surface area contributed by atoms with Crippen LogP contribution in [0.4, 0.5) is 5.82 Å². The highest BCUT2D eigenvalue weighted by atomic mass is 35.5. The molecule has 0 radical (unpaired) electrons. The Labute approximate surface area is 147 Å². The second-order valence-corrected chi connectivity index (χ2v) is 6.52.